The molecular formula is C19H18N4OS. The molecule has 3 aromatic rings. The summed E-state index contributed by atoms with van der Waals surface area (Å²) >= 11 is 1.66. The van der Waals surface area contributed by atoms with Crippen LogP contribution in [0.4, 0.5) is 5.82 Å². The maximum absolute atomic E-state index is 12.2. The van der Waals surface area contributed by atoms with Gasteiger partial charge in [-0.15, -0.1) is 11.3 Å². The van der Waals surface area contributed by atoms with E-state index in [9.17, 15) is 4.79 Å². The van der Waals surface area contributed by atoms with Crippen LogP contribution >= 0.6 is 11.3 Å². The largest absolute Gasteiger partial charge is 0.355 e. The van der Waals surface area contributed by atoms with Gasteiger partial charge in [-0.3, -0.25) is 4.79 Å². The summed E-state index contributed by atoms with van der Waals surface area (Å²) in [4.78, 5) is 24.2. The molecule has 0 atom stereocenters. The summed E-state index contributed by atoms with van der Waals surface area (Å²) in [7, 11) is 0. The molecule has 4 rings (SSSR count). The molecule has 0 bridgehead atoms. The minimum Gasteiger partial charge on any atom is -0.355 e. The Bertz CT molecular complexity index is 845. The van der Waals surface area contributed by atoms with Crippen molar-refractivity contribution in [3.63, 3.8) is 0 Å². The highest BCUT2D eigenvalue weighted by Gasteiger charge is 2.33. The van der Waals surface area contributed by atoms with Crippen LogP contribution in [0.5, 0.6) is 0 Å². The van der Waals surface area contributed by atoms with E-state index < -0.39 is 0 Å². The summed E-state index contributed by atoms with van der Waals surface area (Å²) in [6, 6.07) is 16.0. The number of nitrogens with zero attached hydrogens (tertiary/aromatic N) is 3. The molecule has 126 valence electrons. The topological polar surface area (TPSA) is 58.1 Å². The van der Waals surface area contributed by atoms with E-state index in [-0.39, 0.29) is 11.8 Å². The number of rotatable bonds is 5. The average Bonchev–Trinajstić information content (AvgIpc) is 3.13. The second-order valence-corrected chi connectivity index (χ2v) is 7.06. The molecule has 0 saturated carbocycles. The van der Waals surface area contributed by atoms with Gasteiger partial charge in [0.15, 0.2) is 0 Å². The predicted octanol–water partition coefficient (Wildman–Crippen LogP) is 2.96. The van der Waals surface area contributed by atoms with Crippen molar-refractivity contribution in [1.82, 2.24) is 15.3 Å². The lowest BCUT2D eigenvalue weighted by molar-refractivity contribution is -0.125. The Morgan fingerprint density at radius 1 is 1.16 bits per heavy atom. The summed E-state index contributed by atoms with van der Waals surface area (Å²) in [5.74, 6) is 1.01. The van der Waals surface area contributed by atoms with Crippen LogP contribution < -0.4 is 10.2 Å². The molecule has 0 radical (unpaired) electrons. The first-order valence-corrected chi connectivity index (χ1v) is 9.10. The fourth-order valence-corrected chi connectivity index (χ4v) is 3.49. The van der Waals surface area contributed by atoms with Gasteiger partial charge in [0.2, 0.25) is 5.91 Å². The molecule has 1 saturated heterocycles. The van der Waals surface area contributed by atoms with Crippen LogP contribution in [0.3, 0.4) is 0 Å². The van der Waals surface area contributed by atoms with E-state index >= 15 is 0 Å². The molecule has 1 aliphatic heterocycles. The number of carbonyl (C=O) groups is 1. The van der Waals surface area contributed by atoms with E-state index in [0.29, 0.717) is 19.6 Å². The average molecular weight is 350 g/mol. The van der Waals surface area contributed by atoms with Gasteiger partial charge < -0.3 is 10.2 Å². The van der Waals surface area contributed by atoms with Crippen LogP contribution in [0.15, 0.2) is 60.2 Å². The number of amides is 1. The highest BCUT2D eigenvalue weighted by molar-refractivity contribution is 7.09. The summed E-state index contributed by atoms with van der Waals surface area (Å²) < 4.78 is 0. The molecule has 1 aliphatic rings. The molecule has 1 fully saturated rings. The van der Waals surface area contributed by atoms with Gasteiger partial charge in [-0.1, -0.05) is 36.4 Å². The Morgan fingerprint density at radius 2 is 2.00 bits per heavy atom. The zero-order valence-corrected chi connectivity index (χ0v) is 14.4. The monoisotopic (exact) mass is 350 g/mol. The summed E-state index contributed by atoms with van der Waals surface area (Å²) in [5.41, 5.74) is 1.97. The first-order valence-electron chi connectivity index (χ1n) is 8.22. The molecule has 5 nitrogen and oxygen atoms in total. The van der Waals surface area contributed by atoms with Gasteiger partial charge in [0.05, 0.1) is 18.2 Å². The van der Waals surface area contributed by atoms with Gasteiger partial charge in [0.1, 0.15) is 12.1 Å². The third kappa shape index (κ3) is 3.53. The molecule has 0 unspecified atom stereocenters. The minimum atomic E-state index is 0.0232. The lowest BCUT2D eigenvalue weighted by atomic mass is 9.99. The number of thiophene rings is 1. The van der Waals surface area contributed by atoms with Crippen LogP contribution in [-0.4, -0.2) is 29.0 Å². The Hall–Kier alpha value is -2.73. The third-order valence-electron chi connectivity index (χ3n) is 4.32. The van der Waals surface area contributed by atoms with Gasteiger partial charge in [0, 0.05) is 29.6 Å². The van der Waals surface area contributed by atoms with Crippen molar-refractivity contribution in [1.29, 1.82) is 0 Å². The van der Waals surface area contributed by atoms with E-state index in [1.54, 1.807) is 17.7 Å². The van der Waals surface area contributed by atoms with Crippen LogP contribution in [0.2, 0.25) is 0 Å². The van der Waals surface area contributed by atoms with E-state index in [1.165, 1.54) is 4.88 Å². The van der Waals surface area contributed by atoms with Crippen molar-refractivity contribution in [3.8, 4) is 11.3 Å². The summed E-state index contributed by atoms with van der Waals surface area (Å²) in [6.45, 7) is 2.00. The Labute approximate surface area is 150 Å². The van der Waals surface area contributed by atoms with E-state index in [0.717, 1.165) is 17.1 Å². The lowest BCUT2D eigenvalue weighted by Gasteiger charge is -2.39. The zero-order valence-electron chi connectivity index (χ0n) is 13.6. The van der Waals surface area contributed by atoms with Crippen molar-refractivity contribution in [2.24, 2.45) is 5.92 Å². The highest BCUT2D eigenvalue weighted by atomic mass is 32.1. The van der Waals surface area contributed by atoms with Crippen molar-refractivity contribution >= 4 is 23.1 Å². The maximum atomic E-state index is 12.2. The fraction of sp³-hybridized carbons (Fsp3) is 0.211. The number of anilines is 1. The number of hydrogen-bond donors (Lipinski definition) is 1. The number of aromatic nitrogens is 2. The predicted molar refractivity (Wildman–Crippen MR) is 99.3 cm³/mol. The van der Waals surface area contributed by atoms with Crippen molar-refractivity contribution in [2.75, 3.05) is 18.0 Å². The van der Waals surface area contributed by atoms with Crippen LogP contribution in [-0.2, 0) is 11.3 Å². The Balaban J connectivity index is 1.35. The number of nitrogens with one attached hydrogen (secondary N) is 1. The number of carbonyl (C=O) groups excluding carboxylic acids is 1. The quantitative estimate of drug-likeness (QED) is 0.769. The van der Waals surface area contributed by atoms with Crippen molar-refractivity contribution in [3.05, 3.63) is 65.1 Å². The second kappa shape index (κ2) is 7.03. The van der Waals surface area contributed by atoms with E-state index in [4.69, 9.17) is 0 Å². The molecule has 1 aromatic carbocycles. The molecule has 0 spiro atoms. The van der Waals surface area contributed by atoms with Crippen molar-refractivity contribution < 1.29 is 4.79 Å². The first kappa shape index (κ1) is 15.8. The third-order valence-corrected chi connectivity index (χ3v) is 5.19. The molecule has 6 heteroatoms. The molecule has 0 aliphatic carbocycles. The molecular weight excluding hydrogens is 332 g/mol. The highest BCUT2D eigenvalue weighted by Crippen LogP contribution is 2.26. The first-order chi connectivity index (χ1) is 12.3. The normalized spacial score (nSPS) is 14.2. The standard InChI is InChI=1S/C19H18N4OS/c24-19(20-10-16-7-4-8-25-16)15-11-23(12-15)18-9-17(21-13-22-18)14-5-2-1-3-6-14/h1-9,13,15H,10-12H2,(H,20,24). The Kier molecular flexibility index (Phi) is 4.43. The number of hydrogen-bond acceptors (Lipinski definition) is 5. The minimum absolute atomic E-state index is 0.0232. The smallest absolute Gasteiger partial charge is 0.226 e. The Morgan fingerprint density at radius 3 is 2.76 bits per heavy atom. The lowest BCUT2D eigenvalue weighted by Crippen LogP contribution is -2.53. The molecule has 1 amide bonds. The van der Waals surface area contributed by atoms with Gasteiger partial charge >= 0.3 is 0 Å². The summed E-state index contributed by atoms with van der Waals surface area (Å²) in [5, 5.41) is 5.03. The zero-order chi connectivity index (χ0) is 17.1. The maximum Gasteiger partial charge on any atom is 0.226 e. The second-order valence-electron chi connectivity index (χ2n) is 6.03. The van der Waals surface area contributed by atoms with Crippen LogP contribution in [0.1, 0.15) is 4.88 Å². The number of benzene rings is 1. The van der Waals surface area contributed by atoms with Gasteiger partial charge in [-0.2, -0.15) is 0 Å². The molecule has 2 aromatic heterocycles. The fourth-order valence-electron chi connectivity index (χ4n) is 2.85. The summed E-state index contributed by atoms with van der Waals surface area (Å²) in [6.07, 6.45) is 1.59. The molecule has 3 heterocycles. The van der Waals surface area contributed by atoms with E-state index in [2.05, 4.69) is 20.2 Å². The van der Waals surface area contributed by atoms with Gasteiger partial charge in [-0.05, 0) is 11.4 Å². The molecule has 25 heavy (non-hydrogen) atoms. The van der Waals surface area contributed by atoms with Gasteiger partial charge in [0.25, 0.3) is 0 Å². The van der Waals surface area contributed by atoms with E-state index in [1.807, 2.05) is 53.9 Å². The van der Waals surface area contributed by atoms with Crippen LogP contribution in [0.25, 0.3) is 11.3 Å². The SMILES string of the molecule is O=C(NCc1cccs1)C1CN(c2cc(-c3ccccc3)ncn2)C1. The van der Waals surface area contributed by atoms with Crippen molar-refractivity contribution in [2.45, 2.75) is 6.54 Å². The van der Waals surface area contributed by atoms with Gasteiger partial charge in [-0.25, -0.2) is 9.97 Å². The van der Waals surface area contributed by atoms with Crippen LogP contribution in [0, 0.1) is 5.92 Å². The molecule has 1 N–H and O–H groups in total.